The van der Waals surface area contributed by atoms with Gasteiger partial charge in [0.05, 0.1) is 51.1 Å². The number of phosphoric acid groups is 3. The molecule has 8 rings (SSSR count). The highest BCUT2D eigenvalue weighted by Crippen LogP contribution is 2.68. The number of aryl methyl sites for hydroxylation is 1. The molecule has 5 aromatic rings. The van der Waals surface area contributed by atoms with Gasteiger partial charge in [0.25, 0.3) is 17.1 Å². The number of H-pyrrole nitrogens is 2. The van der Waals surface area contributed by atoms with E-state index < -0.39 is 147 Å². The first-order chi connectivity index (χ1) is 35.5. The molecule has 16 atom stereocenters. The molecule has 0 aromatic carbocycles. The molecule has 3 fully saturated rings. The van der Waals surface area contributed by atoms with Gasteiger partial charge in [-0.1, -0.05) is 4.98 Å². The number of aromatic nitrogens is 10. The van der Waals surface area contributed by atoms with E-state index in [4.69, 9.17) is 44.0 Å². The Hall–Kier alpha value is -5.07. The van der Waals surface area contributed by atoms with Crippen molar-refractivity contribution in [2.75, 3.05) is 52.0 Å². The molecule has 0 spiro atoms. The lowest BCUT2D eigenvalue weighted by Crippen LogP contribution is -2.46. The van der Waals surface area contributed by atoms with E-state index in [1.54, 1.807) is 0 Å². The highest BCUT2D eigenvalue weighted by molar-refractivity contribution is 7.66. The number of phosphoric ester groups is 2. The van der Waals surface area contributed by atoms with Crippen LogP contribution in [0.5, 0.6) is 0 Å². The Morgan fingerprint density at radius 2 is 1.51 bits per heavy atom. The maximum absolute atomic E-state index is 14.2. The minimum Gasteiger partial charge on any atom is -0.778 e. The van der Waals surface area contributed by atoms with Gasteiger partial charge in [-0.15, -0.1) is 0 Å². The summed E-state index contributed by atoms with van der Waals surface area (Å²) >= 11 is 0. The number of anilines is 2. The van der Waals surface area contributed by atoms with Gasteiger partial charge in [-0.2, -0.15) is 8.62 Å². The summed E-state index contributed by atoms with van der Waals surface area (Å²) in [6, 6.07) is 0.912. The number of amides is 1. The molecule has 1 amide bonds. The summed E-state index contributed by atoms with van der Waals surface area (Å²) in [6.45, 7) is -2.53. The van der Waals surface area contributed by atoms with Gasteiger partial charge >= 0.3 is 34.8 Å². The predicted octanol–water partition coefficient (Wildman–Crippen LogP) is -4.71. The minimum atomic E-state index is -6.25. The largest absolute Gasteiger partial charge is 0.778 e. The van der Waals surface area contributed by atoms with Gasteiger partial charge in [-0.25, -0.2) is 38.0 Å². The molecule has 0 aliphatic carbocycles. The monoisotopic (exact) mass is 1160 g/mol. The molecule has 12 N–H and O–H groups in total. The van der Waals surface area contributed by atoms with Gasteiger partial charge in [-0.05, 0) is 0 Å². The third-order valence-corrected chi connectivity index (χ3v) is 18.4. The lowest BCUT2D eigenvalue weighted by atomic mass is 9.97. The van der Waals surface area contributed by atoms with Crippen LogP contribution in [0.1, 0.15) is 25.6 Å². The third-order valence-electron chi connectivity index (χ3n) is 12.3. The number of imidazole rings is 2. The first-order valence-electron chi connectivity index (χ1n) is 21.9. The van der Waals surface area contributed by atoms with Crippen LogP contribution in [0.4, 0.5) is 11.8 Å². The molecule has 3 saturated heterocycles. The summed E-state index contributed by atoms with van der Waals surface area (Å²) in [4.78, 5) is 116. The molecule has 76 heavy (non-hydrogen) atoms. The number of carbonyl (C=O) groups is 1. The zero-order valence-corrected chi connectivity index (χ0v) is 43.2. The highest BCUT2D eigenvalue weighted by Gasteiger charge is 2.55. The van der Waals surface area contributed by atoms with E-state index >= 15 is 0 Å². The fourth-order valence-electron chi connectivity index (χ4n) is 8.73. The van der Waals surface area contributed by atoms with Crippen molar-refractivity contribution in [1.82, 2.24) is 48.5 Å². The van der Waals surface area contributed by atoms with E-state index in [-0.39, 0.29) is 40.6 Å². The van der Waals surface area contributed by atoms with Crippen molar-refractivity contribution in [1.29, 1.82) is 0 Å². The summed E-state index contributed by atoms with van der Waals surface area (Å²) in [6.07, 6.45) is -12.4. The number of fused-ring (bicyclic) bond motifs is 2. The Kier molecular flexibility index (Phi) is 16.3. The number of aliphatic hydroxyl groups is 3. The first kappa shape index (κ1) is 57.1. The van der Waals surface area contributed by atoms with E-state index in [1.165, 1.54) is 36.5 Å². The zero-order valence-electron chi connectivity index (χ0n) is 39.6. The normalized spacial score (nSPS) is 30.0. The lowest BCUT2D eigenvalue weighted by molar-refractivity contribution is -0.745. The molecule has 37 nitrogen and oxygen atoms in total. The number of hydrogen-bond donors (Lipinski definition) is 10. The van der Waals surface area contributed by atoms with Gasteiger partial charge < -0.3 is 79.3 Å². The Morgan fingerprint density at radius 3 is 2.16 bits per heavy atom. The standard InChI is InChI=1S/C35H49N13O24P4/c1-14(49)44(2)7-15-16(68-31(22(15)51)48-13-45(3)21-29(48)42-34(37)43-30(21)54)8-66-74(58,59)71-76(62,63)72-75(60,61)67-10-18-26(25(64-4)33(70-18)47-12-40-20-27(36)38-11-39-28(20)47)73(56,57)65-9-17-23(52)24(53)32(69-17)46-6-5-19(50)41-35(46)55/h5-6,11-13,15-18,22-26,31-33,51-53H,7-10H2,1-4H3,(H9-,36,37,38,39,41,42,43,50,54,55,56,57,58,59,60,61,62,63)/t15-,16-,17-,18-,22-,23-,24-,25-,26-,31-,32-,33-/m1/s1. The molecule has 4 unspecified atom stereocenters. The molecule has 0 saturated carbocycles. The van der Waals surface area contributed by atoms with Crippen LogP contribution >= 0.6 is 31.1 Å². The fourth-order valence-corrected chi connectivity index (χ4v) is 14.0. The van der Waals surface area contributed by atoms with E-state index in [2.05, 4.69) is 33.5 Å². The van der Waals surface area contributed by atoms with E-state index in [9.17, 15) is 72.3 Å². The number of nitrogens with one attached hydrogen (secondary N) is 2. The van der Waals surface area contributed by atoms with Crippen molar-refractivity contribution in [2.45, 2.75) is 74.0 Å². The van der Waals surface area contributed by atoms with Crippen LogP contribution < -0.4 is 37.7 Å². The summed E-state index contributed by atoms with van der Waals surface area (Å²) in [7, 11) is -19.9. The second kappa shape index (κ2) is 21.6. The molecule has 0 bridgehead atoms. The summed E-state index contributed by atoms with van der Waals surface area (Å²) in [5, 5.41) is 33.0. The van der Waals surface area contributed by atoms with Crippen molar-refractivity contribution in [3.63, 3.8) is 0 Å². The Balaban J connectivity index is 0.969. The average molecular weight is 1160 g/mol. The van der Waals surface area contributed by atoms with Gasteiger partial charge in [0.2, 0.25) is 17.7 Å². The van der Waals surface area contributed by atoms with Crippen LogP contribution in [0.2, 0.25) is 0 Å². The lowest BCUT2D eigenvalue weighted by Gasteiger charge is -2.35. The fraction of sp³-hybridized carbons (Fsp3) is 0.571. The second-order valence-electron chi connectivity index (χ2n) is 17.3. The molecule has 0 radical (unpaired) electrons. The van der Waals surface area contributed by atoms with Crippen molar-refractivity contribution in [3.8, 4) is 0 Å². The molecule has 5 aromatic heterocycles. The van der Waals surface area contributed by atoms with Crippen LogP contribution in [0.3, 0.4) is 0 Å². The smallest absolute Gasteiger partial charge is 0.490 e. The predicted molar refractivity (Wildman–Crippen MR) is 245 cm³/mol. The molecular weight excluding hydrogens is 1110 g/mol. The number of hydrogen-bond acceptors (Lipinski definition) is 27. The van der Waals surface area contributed by atoms with Crippen molar-refractivity contribution < 1.29 is 104 Å². The first-order valence-corrected chi connectivity index (χ1v) is 28.0. The van der Waals surface area contributed by atoms with Crippen LogP contribution in [-0.2, 0) is 71.2 Å². The summed E-state index contributed by atoms with van der Waals surface area (Å²) < 4.78 is 105. The van der Waals surface area contributed by atoms with Crippen molar-refractivity contribution in [2.24, 2.45) is 13.0 Å². The number of methoxy groups -OCH3 is 1. The number of nitrogens with zero attached hydrogens (tertiary/aromatic N) is 9. The van der Waals surface area contributed by atoms with Crippen LogP contribution in [0, 0.1) is 5.92 Å². The van der Waals surface area contributed by atoms with Gasteiger partial charge in [-0.3, -0.25) is 47.1 Å². The number of ether oxygens (including phenoxy) is 4. The topological polar surface area (TPSA) is 521 Å². The van der Waals surface area contributed by atoms with Gasteiger partial charge in [0.1, 0.15) is 50.0 Å². The van der Waals surface area contributed by atoms with E-state index in [0.29, 0.717) is 4.57 Å². The Bertz CT molecular complexity index is 3390. The van der Waals surface area contributed by atoms with E-state index in [0.717, 1.165) is 41.5 Å². The zero-order chi connectivity index (χ0) is 55.6. The van der Waals surface area contributed by atoms with Crippen molar-refractivity contribution in [3.05, 3.63) is 62.4 Å². The van der Waals surface area contributed by atoms with Crippen LogP contribution in [-0.4, -0.2) is 173 Å². The summed E-state index contributed by atoms with van der Waals surface area (Å²) in [5.74, 6) is -2.04. The molecule has 8 heterocycles. The maximum Gasteiger partial charge on any atom is 0.490 e. The number of aliphatic hydroxyl groups excluding tert-OH is 3. The summed E-state index contributed by atoms with van der Waals surface area (Å²) in [5.41, 5.74) is 6.98. The van der Waals surface area contributed by atoms with E-state index in [1.807, 2.05) is 4.98 Å². The Morgan fingerprint density at radius 1 is 0.868 bits per heavy atom. The maximum atomic E-state index is 14.2. The highest BCUT2D eigenvalue weighted by atomic mass is 31.3. The number of aromatic amines is 2. The SMILES string of the molecule is CO[C@@H]1[C@H](P(=O)([O-])OC[C@H]2O[C@@H](n3ccc(=O)[nH]c3=O)[C@H](O)[C@@H]2O)[C@@H](COP(=O)(O)OP(=O)(O)OP(=O)(O)OC[C@H]2O[C@@H]([n+]3cn(C)c4c(=O)[nH]c(N)nc43)[C@H](O)[C@@H]2CN(C)C(C)=O)O[C@H]1n1cnc2c(N)ncnc21. The molecular formula is C35H49N13O24P4. The van der Waals surface area contributed by atoms with Gasteiger partial charge in [0, 0.05) is 45.8 Å². The van der Waals surface area contributed by atoms with Crippen molar-refractivity contribution >= 4 is 71.1 Å². The number of nitrogens with two attached hydrogens (primary N) is 2. The third kappa shape index (κ3) is 11.7. The number of carbonyl (C=O) groups excluding carboxylic acids is 1. The molecule has 3 aliphatic heterocycles. The average Bonchev–Trinajstić information content (AvgIpc) is 4.13. The minimum absolute atomic E-state index is 0.00229. The second-order valence-corrected chi connectivity index (χ2v) is 23.8. The van der Waals surface area contributed by atoms with Crippen LogP contribution in [0.15, 0.2) is 45.6 Å². The van der Waals surface area contributed by atoms with Gasteiger partial charge in [0.15, 0.2) is 30.2 Å². The quantitative estimate of drug-likeness (QED) is 0.0259. The molecule has 41 heteroatoms. The number of nitrogen functional groups attached to an aromatic ring is 2. The van der Waals surface area contributed by atoms with Crippen LogP contribution in [0.25, 0.3) is 22.3 Å². The molecule has 418 valence electrons. The number of rotatable bonds is 20. The Labute approximate surface area is 423 Å². The molecule has 3 aliphatic rings.